The summed E-state index contributed by atoms with van der Waals surface area (Å²) in [5, 5.41) is 1.35. The lowest BCUT2D eigenvalue weighted by Gasteiger charge is -1.98. The summed E-state index contributed by atoms with van der Waals surface area (Å²) in [7, 11) is 2.13. The van der Waals surface area contributed by atoms with Crippen LogP contribution in [-0.4, -0.2) is 4.57 Å². The zero-order valence-corrected chi connectivity index (χ0v) is 10.8. The fraction of sp³-hybridized carbons (Fsp3) is 0.250. The number of allylic oxidation sites excluding steroid dienone is 2. The molecule has 0 N–H and O–H groups in total. The van der Waals surface area contributed by atoms with Gasteiger partial charge >= 0.3 is 0 Å². The average molecular weight is 225 g/mol. The number of fused-ring (bicyclic) bond motifs is 3. The molecular formula is C16H19N. The van der Waals surface area contributed by atoms with Gasteiger partial charge in [-0.3, -0.25) is 0 Å². The van der Waals surface area contributed by atoms with Crippen LogP contribution < -0.4 is 0 Å². The maximum absolute atomic E-state index is 2.26. The summed E-state index contributed by atoms with van der Waals surface area (Å²) in [6.07, 6.45) is 9.91. The van der Waals surface area contributed by atoms with Crippen molar-refractivity contribution in [2.75, 3.05) is 0 Å². The molecule has 0 atom stereocenters. The lowest BCUT2D eigenvalue weighted by atomic mass is 10.1. The first-order chi connectivity index (χ1) is 8.38. The Balaban J connectivity index is 0.000000514. The third kappa shape index (κ3) is 1.93. The van der Waals surface area contributed by atoms with E-state index in [4.69, 9.17) is 0 Å². The van der Waals surface area contributed by atoms with Gasteiger partial charge in [-0.2, -0.15) is 0 Å². The van der Waals surface area contributed by atoms with E-state index < -0.39 is 0 Å². The quantitative estimate of drug-likeness (QED) is 0.616. The van der Waals surface area contributed by atoms with Crippen molar-refractivity contribution >= 4 is 23.1 Å². The third-order valence-corrected chi connectivity index (χ3v) is 3.03. The minimum atomic E-state index is 1.03. The number of benzene rings is 1. The Kier molecular flexibility index (Phi) is 3.48. The van der Waals surface area contributed by atoms with Crippen molar-refractivity contribution < 1.29 is 0 Å². The number of aromatic nitrogens is 1. The van der Waals surface area contributed by atoms with E-state index in [1.54, 1.807) is 0 Å². The molecule has 0 amide bonds. The number of hydrogen-bond acceptors (Lipinski definition) is 0. The fourth-order valence-corrected chi connectivity index (χ4v) is 2.26. The molecule has 88 valence electrons. The van der Waals surface area contributed by atoms with Crippen LogP contribution in [-0.2, 0) is 7.05 Å². The maximum atomic E-state index is 2.26. The van der Waals surface area contributed by atoms with E-state index in [2.05, 4.69) is 60.2 Å². The lowest BCUT2D eigenvalue weighted by molar-refractivity contribution is 0.953. The predicted molar refractivity (Wildman–Crippen MR) is 77.0 cm³/mol. The molecule has 1 aliphatic rings. The number of hydrogen-bond donors (Lipinski definition) is 0. The van der Waals surface area contributed by atoms with Gasteiger partial charge in [0, 0.05) is 29.2 Å². The first-order valence-electron chi connectivity index (χ1n) is 6.28. The molecule has 17 heavy (non-hydrogen) atoms. The van der Waals surface area contributed by atoms with Gasteiger partial charge in [0.2, 0.25) is 0 Å². The van der Waals surface area contributed by atoms with Crippen LogP contribution >= 0.6 is 0 Å². The number of para-hydroxylation sites is 1. The molecule has 1 aromatic heterocycles. The molecule has 1 heteroatoms. The smallest absolute Gasteiger partial charge is 0.0488 e. The van der Waals surface area contributed by atoms with E-state index in [9.17, 15) is 0 Å². The highest BCUT2D eigenvalue weighted by molar-refractivity contribution is 5.94. The Bertz CT molecular complexity index is 570. The van der Waals surface area contributed by atoms with E-state index >= 15 is 0 Å². The van der Waals surface area contributed by atoms with Gasteiger partial charge in [0.15, 0.2) is 0 Å². The van der Waals surface area contributed by atoms with E-state index in [0.29, 0.717) is 0 Å². The molecule has 0 bridgehead atoms. The zero-order chi connectivity index (χ0) is 12.3. The normalized spacial score (nSPS) is 12.9. The first kappa shape index (κ1) is 11.7. The minimum Gasteiger partial charge on any atom is -0.344 e. The van der Waals surface area contributed by atoms with Crippen LogP contribution in [0.5, 0.6) is 0 Å². The minimum absolute atomic E-state index is 1.03. The second-order valence-corrected chi connectivity index (χ2v) is 3.92. The lowest BCUT2D eigenvalue weighted by Crippen LogP contribution is -1.90. The zero-order valence-electron chi connectivity index (χ0n) is 10.8. The molecule has 0 saturated carbocycles. The Morgan fingerprint density at radius 1 is 1.00 bits per heavy atom. The molecule has 0 aliphatic heterocycles. The largest absolute Gasteiger partial charge is 0.344 e. The van der Waals surface area contributed by atoms with Crippen molar-refractivity contribution in [1.82, 2.24) is 4.57 Å². The Morgan fingerprint density at radius 2 is 1.71 bits per heavy atom. The summed E-state index contributed by atoms with van der Waals surface area (Å²) in [6, 6.07) is 8.56. The van der Waals surface area contributed by atoms with Crippen LogP contribution in [0.3, 0.4) is 0 Å². The van der Waals surface area contributed by atoms with Gasteiger partial charge in [0.05, 0.1) is 0 Å². The van der Waals surface area contributed by atoms with Gasteiger partial charge in [0.1, 0.15) is 0 Å². The van der Waals surface area contributed by atoms with Crippen LogP contribution in [0.2, 0.25) is 0 Å². The molecule has 0 spiro atoms. The van der Waals surface area contributed by atoms with E-state index in [0.717, 1.165) is 6.42 Å². The summed E-state index contributed by atoms with van der Waals surface area (Å²) in [4.78, 5) is 0. The molecule has 0 fully saturated rings. The number of aryl methyl sites for hydroxylation is 1. The Morgan fingerprint density at radius 3 is 2.53 bits per heavy atom. The van der Waals surface area contributed by atoms with E-state index in [1.165, 1.54) is 22.2 Å². The van der Waals surface area contributed by atoms with Crippen LogP contribution in [0.1, 0.15) is 31.5 Å². The topological polar surface area (TPSA) is 4.93 Å². The highest BCUT2D eigenvalue weighted by Gasteiger charge is 2.10. The molecule has 1 aliphatic carbocycles. The van der Waals surface area contributed by atoms with Crippen LogP contribution in [0.25, 0.3) is 23.1 Å². The maximum Gasteiger partial charge on any atom is 0.0488 e. The highest BCUT2D eigenvalue weighted by Crippen LogP contribution is 2.28. The molecule has 2 aromatic rings. The Labute approximate surface area is 103 Å². The molecule has 1 aromatic carbocycles. The second kappa shape index (κ2) is 5.05. The molecular weight excluding hydrogens is 206 g/mol. The van der Waals surface area contributed by atoms with Crippen molar-refractivity contribution in [3.8, 4) is 0 Å². The molecule has 0 radical (unpaired) electrons. The summed E-state index contributed by atoms with van der Waals surface area (Å²) in [5.74, 6) is 0. The van der Waals surface area contributed by atoms with Gasteiger partial charge in [-0.05, 0) is 18.6 Å². The standard InChI is InChI=1S/C14H13N.C2H6/c1-15-13-9-4-2-3-7-11(13)12-8-5-6-10-14(12)15;1-2/h3-10H,2H2,1H3;1-2H3. The van der Waals surface area contributed by atoms with Crippen molar-refractivity contribution in [3.63, 3.8) is 0 Å². The summed E-state index contributed by atoms with van der Waals surface area (Å²) in [5.41, 5.74) is 3.96. The van der Waals surface area contributed by atoms with Crippen molar-refractivity contribution in [2.24, 2.45) is 7.05 Å². The molecule has 0 unspecified atom stereocenters. The van der Waals surface area contributed by atoms with Gasteiger partial charge in [-0.1, -0.05) is 50.3 Å². The monoisotopic (exact) mass is 225 g/mol. The summed E-state index contributed by atoms with van der Waals surface area (Å²) >= 11 is 0. The molecule has 0 saturated heterocycles. The number of rotatable bonds is 0. The molecule has 3 rings (SSSR count). The first-order valence-corrected chi connectivity index (χ1v) is 6.28. The van der Waals surface area contributed by atoms with Crippen molar-refractivity contribution in [3.05, 3.63) is 47.7 Å². The van der Waals surface area contributed by atoms with Gasteiger partial charge in [0.25, 0.3) is 0 Å². The van der Waals surface area contributed by atoms with Crippen molar-refractivity contribution in [1.29, 1.82) is 0 Å². The van der Waals surface area contributed by atoms with Gasteiger partial charge in [-0.15, -0.1) is 0 Å². The molecule has 1 nitrogen and oxygen atoms in total. The summed E-state index contributed by atoms with van der Waals surface area (Å²) < 4.78 is 2.26. The SMILES string of the molecule is CC.Cn1c2c(c3ccccc31)C=CCC=C2. The second-order valence-electron chi connectivity index (χ2n) is 3.92. The number of nitrogens with zero attached hydrogens (tertiary/aromatic N) is 1. The van der Waals surface area contributed by atoms with Crippen molar-refractivity contribution in [2.45, 2.75) is 20.3 Å². The van der Waals surface area contributed by atoms with E-state index in [-0.39, 0.29) is 0 Å². The van der Waals surface area contributed by atoms with Gasteiger partial charge in [-0.25, -0.2) is 0 Å². The third-order valence-electron chi connectivity index (χ3n) is 3.03. The predicted octanol–water partition coefficient (Wildman–Crippen LogP) is 4.63. The highest BCUT2D eigenvalue weighted by atomic mass is 14.9. The fourth-order valence-electron chi connectivity index (χ4n) is 2.26. The molecule has 1 heterocycles. The van der Waals surface area contributed by atoms with E-state index in [1.807, 2.05) is 13.8 Å². The van der Waals surface area contributed by atoms with Crippen LogP contribution in [0.4, 0.5) is 0 Å². The summed E-state index contributed by atoms with van der Waals surface area (Å²) in [6.45, 7) is 4.00. The Hall–Kier alpha value is -1.76. The average Bonchev–Trinajstić information content (AvgIpc) is 2.59. The van der Waals surface area contributed by atoms with Gasteiger partial charge < -0.3 is 4.57 Å². The van der Waals surface area contributed by atoms with Crippen LogP contribution in [0, 0.1) is 0 Å². The van der Waals surface area contributed by atoms with Crippen LogP contribution in [0.15, 0.2) is 36.4 Å².